The maximum Gasteiger partial charge on any atom is 0.0802 e. The third-order valence-corrected chi connectivity index (χ3v) is 5.47. The molecule has 22 heavy (non-hydrogen) atoms. The Bertz CT molecular complexity index is 502. The molecule has 2 atom stereocenters. The van der Waals surface area contributed by atoms with Gasteiger partial charge < -0.3 is 14.9 Å². The highest BCUT2D eigenvalue weighted by molar-refractivity contribution is 5.56. The second-order valence-electron chi connectivity index (χ2n) is 7.10. The van der Waals surface area contributed by atoms with E-state index in [4.69, 9.17) is 0 Å². The number of hydrogen-bond donors (Lipinski definition) is 1. The van der Waals surface area contributed by atoms with Gasteiger partial charge in [0.05, 0.1) is 6.10 Å². The maximum atomic E-state index is 10.6. The van der Waals surface area contributed by atoms with E-state index in [0.29, 0.717) is 6.04 Å². The molecule has 1 N–H and O–H groups in total. The quantitative estimate of drug-likeness (QED) is 0.924. The summed E-state index contributed by atoms with van der Waals surface area (Å²) >= 11 is 0. The van der Waals surface area contributed by atoms with Gasteiger partial charge in [0.15, 0.2) is 0 Å². The fourth-order valence-electron chi connectivity index (χ4n) is 3.96. The molecule has 0 bridgehead atoms. The summed E-state index contributed by atoms with van der Waals surface area (Å²) < 4.78 is 0. The Labute approximate surface area is 134 Å². The first-order valence-corrected chi connectivity index (χ1v) is 8.91. The van der Waals surface area contributed by atoms with Crippen LogP contribution in [0.3, 0.4) is 0 Å². The molecule has 0 aliphatic carbocycles. The van der Waals surface area contributed by atoms with Gasteiger partial charge in [-0.1, -0.05) is 18.6 Å². The van der Waals surface area contributed by atoms with E-state index >= 15 is 0 Å². The Hall–Kier alpha value is -1.06. The number of rotatable bonds is 4. The van der Waals surface area contributed by atoms with Crippen molar-refractivity contribution in [2.24, 2.45) is 0 Å². The molecule has 0 saturated carbocycles. The number of aliphatic hydroxyl groups excluding tert-OH is 1. The van der Waals surface area contributed by atoms with Gasteiger partial charge in [-0.15, -0.1) is 0 Å². The van der Waals surface area contributed by atoms with Crippen LogP contribution in [-0.4, -0.2) is 42.7 Å². The lowest BCUT2D eigenvalue weighted by Crippen LogP contribution is -2.38. The topological polar surface area (TPSA) is 26.7 Å². The highest BCUT2D eigenvalue weighted by Crippen LogP contribution is 2.30. The maximum absolute atomic E-state index is 10.6. The Balaban J connectivity index is 1.61. The first-order chi connectivity index (χ1) is 10.6. The highest BCUT2D eigenvalue weighted by Gasteiger charge is 2.20. The van der Waals surface area contributed by atoms with E-state index in [-0.39, 0.29) is 6.10 Å². The van der Waals surface area contributed by atoms with Gasteiger partial charge in [0, 0.05) is 31.9 Å². The van der Waals surface area contributed by atoms with Crippen LogP contribution in [0.1, 0.15) is 56.3 Å². The largest absolute Gasteiger partial charge is 0.388 e. The Morgan fingerprint density at radius 1 is 1.23 bits per heavy atom. The van der Waals surface area contributed by atoms with Crippen LogP contribution in [0, 0.1) is 0 Å². The van der Waals surface area contributed by atoms with Crippen molar-refractivity contribution in [2.45, 2.75) is 57.6 Å². The molecule has 1 saturated heterocycles. The Morgan fingerprint density at radius 3 is 2.91 bits per heavy atom. The van der Waals surface area contributed by atoms with Crippen molar-refractivity contribution in [3.05, 3.63) is 29.3 Å². The first kappa shape index (κ1) is 15.8. The molecule has 2 aliphatic heterocycles. The summed E-state index contributed by atoms with van der Waals surface area (Å²) in [7, 11) is 2.16. The summed E-state index contributed by atoms with van der Waals surface area (Å²) in [5.74, 6) is 0. The van der Waals surface area contributed by atoms with Crippen LogP contribution in [0.2, 0.25) is 0 Å². The van der Waals surface area contributed by atoms with E-state index in [0.717, 1.165) is 31.5 Å². The molecule has 2 heterocycles. The van der Waals surface area contributed by atoms with Gasteiger partial charge >= 0.3 is 0 Å². The number of likely N-dealkylation sites (tertiary alicyclic amines) is 1. The van der Waals surface area contributed by atoms with E-state index < -0.39 is 0 Å². The van der Waals surface area contributed by atoms with E-state index in [1.807, 2.05) is 0 Å². The van der Waals surface area contributed by atoms with Crippen molar-refractivity contribution in [3.63, 3.8) is 0 Å². The molecule has 1 fully saturated rings. The van der Waals surface area contributed by atoms with Crippen molar-refractivity contribution < 1.29 is 5.11 Å². The van der Waals surface area contributed by atoms with Crippen LogP contribution < -0.4 is 4.90 Å². The standard InChI is InChI=1S/C19H30N2O/c1-15-6-3-4-12-21(15)13-10-19(22)17-8-9-18-16(14-17)7-5-11-20(18)2/h8-9,14-15,19,22H,3-7,10-13H2,1-2H3. The lowest BCUT2D eigenvalue weighted by atomic mass is 9.96. The number of aliphatic hydroxyl groups is 1. The van der Waals surface area contributed by atoms with Crippen LogP contribution in [0.15, 0.2) is 18.2 Å². The van der Waals surface area contributed by atoms with Gasteiger partial charge in [0.2, 0.25) is 0 Å². The van der Waals surface area contributed by atoms with Crippen molar-refractivity contribution in [1.82, 2.24) is 4.90 Å². The van der Waals surface area contributed by atoms with Crippen molar-refractivity contribution in [1.29, 1.82) is 0 Å². The molecule has 0 spiro atoms. The summed E-state index contributed by atoms with van der Waals surface area (Å²) in [5.41, 5.74) is 3.84. The van der Waals surface area contributed by atoms with E-state index in [2.05, 4.69) is 42.0 Å². The molecule has 122 valence electrons. The normalized spacial score (nSPS) is 24.1. The number of benzene rings is 1. The summed E-state index contributed by atoms with van der Waals surface area (Å²) in [6.07, 6.45) is 6.86. The van der Waals surface area contributed by atoms with Crippen LogP contribution in [0.5, 0.6) is 0 Å². The molecule has 0 aromatic heterocycles. The number of anilines is 1. The smallest absolute Gasteiger partial charge is 0.0802 e. The van der Waals surface area contributed by atoms with Gasteiger partial charge in [-0.2, -0.15) is 0 Å². The van der Waals surface area contributed by atoms with Gasteiger partial charge in [-0.3, -0.25) is 0 Å². The average molecular weight is 302 g/mol. The molecule has 0 amide bonds. The van der Waals surface area contributed by atoms with Crippen molar-refractivity contribution in [2.75, 3.05) is 31.6 Å². The second-order valence-corrected chi connectivity index (χ2v) is 7.10. The van der Waals surface area contributed by atoms with Gasteiger partial charge in [-0.25, -0.2) is 0 Å². The molecular formula is C19H30N2O. The number of piperidine rings is 1. The third kappa shape index (κ3) is 3.47. The summed E-state index contributed by atoms with van der Waals surface area (Å²) in [6.45, 7) is 5.67. The number of nitrogens with zero attached hydrogens (tertiary/aromatic N) is 2. The zero-order valence-electron chi connectivity index (χ0n) is 14.1. The van der Waals surface area contributed by atoms with Crippen molar-refractivity contribution >= 4 is 5.69 Å². The monoisotopic (exact) mass is 302 g/mol. The minimum absolute atomic E-state index is 0.327. The average Bonchev–Trinajstić information content (AvgIpc) is 2.54. The number of fused-ring (bicyclic) bond motifs is 1. The third-order valence-electron chi connectivity index (χ3n) is 5.47. The summed E-state index contributed by atoms with van der Waals surface area (Å²) in [6, 6.07) is 7.22. The molecule has 0 radical (unpaired) electrons. The van der Waals surface area contributed by atoms with Crippen molar-refractivity contribution in [3.8, 4) is 0 Å². The second kappa shape index (κ2) is 7.01. The van der Waals surface area contributed by atoms with Crippen LogP contribution in [-0.2, 0) is 6.42 Å². The zero-order chi connectivity index (χ0) is 15.5. The summed E-state index contributed by atoms with van der Waals surface area (Å²) in [4.78, 5) is 4.86. The lowest BCUT2D eigenvalue weighted by molar-refractivity contribution is 0.109. The Kier molecular flexibility index (Phi) is 5.04. The predicted octanol–water partition coefficient (Wildman–Crippen LogP) is 3.37. The molecule has 2 unspecified atom stereocenters. The van der Waals surface area contributed by atoms with Gasteiger partial charge in [-0.05, 0) is 62.8 Å². The molecule has 2 aliphatic rings. The van der Waals surface area contributed by atoms with Crippen LogP contribution in [0.4, 0.5) is 5.69 Å². The molecule has 3 heteroatoms. The molecule has 1 aromatic rings. The van der Waals surface area contributed by atoms with E-state index in [1.54, 1.807) is 0 Å². The fourth-order valence-corrected chi connectivity index (χ4v) is 3.96. The zero-order valence-corrected chi connectivity index (χ0v) is 14.1. The first-order valence-electron chi connectivity index (χ1n) is 8.91. The number of hydrogen-bond acceptors (Lipinski definition) is 3. The van der Waals surface area contributed by atoms with Gasteiger partial charge in [0.25, 0.3) is 0 Å². The molecular weight excluding hydrogens is 272 g/mol. The van der Waals surface area contributed by atoms with Crippen LogP contribution in [0.25, 0.3) is 0 Å². The minimum Gasteiger partial charge on any atom is -0.388 e. The fraction of sp³-hybridized carbons (Fsp3) is 0.684. The lowest BCUT2D eigenvalue weighted by Gasteiger charge is -2.34. The predicted molar refractivity (Wildman–Crippen MR) is 92.5 cm³/mol. The van der Waals surface area contributed by atoms with E-state index in [1.165, 1.54) is 43.5 Å². The number of aryl methyl sites for hydroxylation is 1. The Morgan fingerprint density at radius 2 is 2.09 bits per heavy atom. The minimum atomic E-state index is -0.327. The summed E-state index contributed by atoms with van der Waals surface area (Å²) in [5, 5.41) is 10.6. The molecule has 3 rings (SSSR count). The highest BCUT2D eigenvalue weighted by atomic mass is 16.3. The SMILES string of the molecule is CC1CCCCN1CCC(O)c1ccc2c(c1)CCCN2C. The van der Waals surface area contributed by atoms with E-state index in [9.17, 15) is 5.11 Å². The molecule has 1 aromatic carbocycles. The van der Waals surface area contributed by atoms with Crippen LogP contribution >= 0.6 is 0 Å². The molecule has 3 nitrogen and oxygen atoms in total. The van der Waals surface area contributed by atoms with Gasteiger partial charge in [0.1, 0.15) is 0 Å².